The highest BCUT2D eigenvalue weighted by Gasteiger charge is 2.41. The van der Waals surface area contributed by atoms with Gasteiger partial charge in [0.1, 0.15) is 6.04 Å². The minimum atomic E-state index is -0.951. The van der Waals surface area contributed by atoms with Gasteiger partial charge in [-0.1, -0.05) is 18.5 Å². The van der Waals surface area contributed by atoms with Crippen molar-refractivity contribution in [2.75, 3.05) is 5.75 Å². The van der Waals surface area contributed by atoms with Gasteiger partial charge >= 0.3 is 5.97 Å². The maximum absolute atomic E-state index is 12.6. The summed E-state index contributed by atoms with van der Waals surface area (Å²) < 4.78 is 0. The summed E-state index contributed by atoms with van der Waals surface area (Å²) in [5.74, 6) is -0.756. The van der Waals surface area contributed by atoms with E-state index in [1.54, 1.807) is 18.2 Å². The van der Waals surface area contributed by atoms with Crippen LogP contribution < -0.4 is 0 Å². The number of carbonyl (C=O) groups excluding carboxylic acids is 1. The number of benzene rings is 1. The van der Waals surface area contributed by atoms with Gasteiger partial charge in [0.2, 0.25) is 0 Å². The second-order valence-electron chi connectivity index (χ2n) is 4.73. The Morgan fingerprint density at radius 2 is 2.20 bits per heavy atom. The highest BCUT2D eigenvalue weighted by Crippen LogP contribution is 2.33. The van der Waals surface area contributed by atoms with Crippen LogP contribution in [0.1, 0.15) is 29.3 Å². The van der Waals surface area contributed by atoms with Crippen molar-refractivity contribution in [2.24, 2.45) is 0 Å². The molecule has 4 nitrogen and oxygen atoms in total. The summed E-state index contributed by atoms with van der Waals surface area (Å²) >= 11 is 7.47. The Balaban J connectivity index is 2.33. The first-order valence-corrected chi connectivity index (χ1v) is 7.81. The molecule has 0 radical (unpaired) electrons. The fraction of sp³-hybridized carbons (Fsp3) is 0.429. The molecule has 1 aromatic carbocycles. The zero-order valence-corrected chi connectivity index (χ0v) is 12.9. The number of carboxylic acid groups (broad SMARTS) is 1. The molecule has 20 heavy (non-hydrogen) atoms. The minimum Gasteiger partial charge on any atom is -0.480 e. The fourth-order valence-corrected chi connectivity index (χ4v) is 3.73. The highest BCUT2D eigenvalue weighted by molar-refractivity contribution is 8.00. The number of carbonyl (C=O) groups is 2. The van der Waals surface area contributed by atoms with Crippen LogP contribution in [0.15, 0.2) is 18.2 Å². The van der Waals surface area contributed by atoms with E-state index in [1.807, 2.05) is 13.8 Å². The highest BCUT2D eigenvalue weighted by atomic mass is 35.5. The van der Waals surface area contributed by atoms with Crippen LogP contribution in [0.25, 0.3) is 0 Å². The molecule has 1 aliphatic rings. The van der Waals surface area contributed by atoms with E-state index in [0.717, 1.165) is 12.0 Å². The summed E-state index contributed by atoms with van der Waals surface area (Å²) in [6, 6.07) is 4.27. The number of rotatable bonds is 3. The summed E-state index contributed by atoms with van der Waals surface area (Å²) in [6.45, 7) is 3.78. The van der Waals surface area contributed by atoms with Crippen LogP contribution in [0.4, 0.5) is 0 Å². The lowest BCUT2D eigenvalue weighted by Crippen LogP contribution is -2.45. The van der Waals surface area contributed by atoms with Crippen molar-refractivity contribution >= 4 is 35.2 Å². The van der Waals surface area contributed by atoms with Crippen molar-refractivity contribution in [3.05, 3.63) is 34.3 Å². The van der Waals surface area contributed by atoms with E-state index >= 15 is 0 Å². The van der Waals surface area contributed by atoms with Gasteiger partial charge in [0.25, 0.3) is 5.91 Å². The summed E-state index contributed by atoms with van der Waals surface area (Å²) in [7, 11) is 0. The molecule has 6 heteroatoms. The van der Waals surface area contributed by atoms with Gasteiger partial charge in [-0.15, -0.1) is 11.8 Å². The van der Waals surface area contributed by atoms with Crippen molar-refractivity contribution in [1.29, 1.82) is 0 Å². The van der Waals surface area contributed by atoms with Crippen molar-refractivity contribution in [3.8, 4) is 0 Å². The number of thioether (sulfide) groups is 1. The van der Waals surface area contributed by atoms with E-state index in [-0.39, 0.29) is 11.3 Å². The van der Waals surface area contributed by atoms with E-state index in [1.165, 1.54) is 16.7 Å². The molecular formula is C14H16ClNO3S. The van der Waals surface area contributed by atoms with Gasteiger partial charge in [-0.05, 0) is 37.1 Å². The molecule has 0 aromatic heterocycles. The average Bonchev–Trinajstić information content (AvgIpc) is 2.85. The van der Waals surface area contributed by atoms with Gasteiger partial charge in [-0.2, -0.15) is 0 Å². The van der Waals surface area contributed by atoms with Crippen molar-refractivity contribution < 1.29 is 14.7 Å². The van der Waals surface area contributed by atoms with Crippen LogP contribution in [0.3, 0.4) is 0 Å². The van der Waals surface area contributed by atoms with Crippen LogP contribution in [-0.2, 0) is 4.79 Å². The molecule has 1 heterocycles. The van der Waals surface area contributed by atoms with E-state index in [0.29, 0.717) is 16.3 Å². The van der Waals surface area contributed by atoms with Crippen molar-refractivity contribution in [2.45, 2.75) is 31.7 Å². The Kier molecular flexibility index (Phi) is 4.60. The normalized spacial score (nSPS) is 22.1. The van der Waals surface area contributed by atoms with Gasteiger partial charge in [0.15, 0.2) is 0 Å². The van der Waals surface area contributed by atoms with Gasteiger partial charge in [-0.25, -0.2) is 4.79 Å². The molecule has 108 valence electrons. The molecular weight excluding hydrogens is 298 g/mol. The lowest BCUT2D eigenvalue weighted by Gasteiger charge is -2.26. The molecule has 1 aliphatic heterocycles. The van der Waals surface area contributed by atoms with E-state index in [4.69, 9.17) is 11.6 Å². The predicted molar refractivity (Wildman–Crippen MR) is 80.3 cm³/mol. The van der Waals surface area contributed by atoms with Crippen LogP contribution >= 0.6 is 23.4 Å². The first-order chi connectivity index (χ1) is 9.45. The SMILES string of the molecule is CCC1SCC(C(=O)O)N1C(=O)c1ccc(Cl)c(C)c1. The Morgan fingerprint density at radius 3 is 2.75 bits per heavy atom. The lowest BCUT2D eigenvalue weighted by atomic mass is 10.1. The number of hydrogen-bond donors (Lipinski definition) is 1. The molecule has 0 aliphatic carbocycles. The molecule has 2 atom stereocenters. The van der Waals surface area contributed by atoms with Gasteiger partial charge < -0.3 is 10.0 Å². The summed E-state index contributed by atoms with van der Waals surface area (Å²) in [5, 5.41) is 9.78. The third-order valence-corrected chi connectivity index (χ3v) is 5.24. The standard InChI is InChI=1S/C14H16ClNO3S/c1-3-12-16(11(7-20-12)14(18)19)13(17)9-4-5-10(15)8(2)6-9/h4-6,11-12H,3,7H2,1-2H3,(H,18,19). The quantitative estimate of drug-likeness (QED) is 0.932. The molecule has 1 aromatic rings. The zero-order chi connectivity index (χ0) is 14.9. The zero-order valence-electron chi connectivity index (χ0n) is 11.3. The van der Waals surface area contributed by atoms with Crippen LogP contribution in [0.5, 0.6) is 0 Å². The van der Waals surface area contributed by atoms with E-state index < -0.39 is 12.0 Å². The molecule has 0 bridgehead atoms. The maximum atomic E-state index is 12.6. The number of aryl methyl sites for hydroxylation is 1. The molecule has 0 spiro atoms. The van der Waals surface area contributed by atoms with Gasteiger partial charge in [0, 0.05) is 16.3 Å². The molecule has 1 fully saturated rings. The second kappa shape index (κ2) is 6.06. The Hall–Kier alpha value is -1.20. The molecule has 2 rings (SSSR count). The maximum Gasteiger partial charge on any atom is 0.327 e. The van der Waals surface area contributed by atoms with Gasteiger partial charge in [-0.3, -0.25) is 4.79 Å². The molecule has 2 unspecified atom stereocenters. The van der Waals surface area contributed by atoms with Crippen molar-refractivity contribution in [3.63, 3.8) is 0 Å². The monoisotopic (exact) mass is 313 g/mol. The van der Waals surface area contributed by atoms with E-state index in [2.05, 4.69) is 0 Å². The lowest BCUT2D eigenvalue weighted by molar-refractivity contribution is -0.141. The predicted octanol–water partition coefficient (Wildman–Crippen LogP) is 3.03. The second-order valence-corrected chi connectivity index (χ2v) is 6.34. The Morgan fingerprint density at radius 1 is 1.50 bits per heavy atom. The van der Waals surface area contributed by atoms with Crippen LogP contribution in [0, 0.1) is 6.92 Å². The molecule has 1 amide bonds. The Labute approximate surface area is 127 Å². The number of carboxylic acids is 1. The third-order valence-electron chi connectivity index (χ3n) is 3.37. The number of hydrogen-bond acceptors (Lipinski definition) is 3. The minimum absolute atomic E-state index is 0.0837. The van der Waals surface area contributed by atoms with Gasteiger partial charge in [0.05, 0.1) is 5.37 Å². The molecule has 0 saturated carbocycles. The van der Waals surface area contributed by atoms with E-state index in [9.17, 15) is 14.7 Å². The third kappa shape index (κ3) is 2.79. The Bertz CT molecular complexity index is 549. The number of aliphatic carboxylic acids is 1. The fourth-order valence-electron chi connectivity index (χ4n) is 2.27. The molecule has 1 saturated heterocycles. The van der Waals surface area contributed by atoms with Crippen LogP contribution in [-0.4, -0.2) is 39.1 Å². The first kappa shape index (κ1) is 15.2. The average molecular weight is 314 g/mol. The largest absolute Gasteiger partial charge is 0.480 e. The summed E-state index contributed by atoms with van der Waals surface area (Å²) in [6.07, 6.45) is 0.729. The topological polar surface area (TPSA) is 57.6 Å². The first-order valence-electron chi connectivity index (χ1n) is 6.39. The molecule has 1 N–H and O–H groups in total. The number of nitrogens with zero attached hydrogens (tertiary/aromatic N) is 1. The number of halogens is 1. The number of amides is 1. The smallest absolute Gasteiger partial charge is 0.327 e. The van der Waals surface area contributed by atoms with Crippen molar-refractivity contribution in [1.82, 2.24) is 4.90 Å². The summed E-state index contributed by atoms with van der Waals surface area (Å²) in [4.78, 5) is 25.4. The summed E-state index contributed by atoms with van der Waals surface area (Å²) in [5.41, 5.74) is 1.29. The van der Waals surface area contributed by atoms with Crippen LogP contribution in [0.2, 0.25) is 5.02 Å².